The van der Waals surface area contributed by atoms with Gasteiger partial charge in [-0.15, -0.1) is 5.10 Å². The van der Waals surface area contributed by atoms with Crippen LogP contribution in [0.5, 0.6) is 5.75 Å². The van der Waals surface area contributed by atoms with Gasteiger partial charge in [-0.3, -0.25) is 0 Å². The van der Waals surface area contributed by atoms with E-state index in [1.807, 2.05) is 18.2 Å². The predicted octanol–water partition coefficient (Wildman–Crippen LogP) is 2.16. The monoisotopic (exact) mass is 282 g/mol. The van der Waals surface area contributed by atoms with E-state index in [1.54, 1.807) is 25.1 Å². The zero-order valence-corrected chi connectivity index (χ0v) is 11.5. The molecular weight excluding hydrogens is 268 g/mol. The summed E-state index contributed by atoms with van der Waals surface area (Å²) in [5.74, 6) is 1.39. The molecule has 1 N–H and O–H groups in total. The average molecular weight is 283 g/mol. The number of hydrogen-bond donors (Lipinski definition) is 1. The van der Waals surface area contributed by atoms with Crippen LogP contribution in [0.3, 0.4) is 0 Å². The van der Waals surface area contributed by atoms with Crippen LogP contribution >= 0.6 is 11.6 Å². The van der Waals surface area contributed by atoms with Crippen molar-refractivity contribution in [2.24, 2.45) is 0 Å². The van der Waals surface area contributed by atoms with Crippen LogP contribution in [0.25, 0.3) is 0 Å². The second-order valence-corrected chi connectivity index (χ2v) is 4.24. The molecule has 7 heteroatoms. The summed E-state index contributed by atoms with van der Waals surface area (Å²) in [5.41, 5.74) is 0.882. The van der Waals surface area contributed by atoms with Crippen LogP contribution in [0.15, 0.2) is 24.4 Å². The van der Waals surface area contributed by atoms with Crippen molar-refractivity contribution in [3.8, 4) is 5.75 Å². The fraction of sp³-hybridized carbons (Fsp3) is 0.333. The van der Waals surface area contributed by atoms with E-state index in [-0.39, 0.29) is 0 Å². The second-order valence-electron chi connectivity index (χ2n) is 3.84. The Morgan fingerprint density at radius 2 is 2.21 bits per heavy atom. The van der Waals surface area contributed by atoms with E-state index < -0.39 is 0 Å². The number of aromatic nitrogens is 3. The summed E-state index contributed by atoms with van der Waals surface area (Å²) in [6, 6.07) is 5.53. The minimum absolute atomic E-state index is 0.365. The van der Waals surface area contributed by atoms with Gasteiger partial charge in [0.25, 0.3) is 0 Å². The molecule has 0 atom stereocenters. The first-order chi connectivity index (χ1) is 9.24. The zero-order chi connectivity index (χ0) is 13.7. The fourth-order valence-corrected chi connectivity index (χ4v) is 1.89. The maximum absolute atomic E-state index is 6.15. The molecular formula is C12H15ClN4O2. The van der Waals surface area contributed by atoms with Gasteiger partial charge in [-0.2, -0.15) is 0 Å². The van der Waals surface area contributed by atoms with Crippen molar-refractivity contribution in [1.29, 1.82) is 0 Å². The first-order valence-electron chi connectivity index (χ1n) is 5.69. The Balaban J connectivity index is 2.05. The lowest BCUT2D eigenvalue weighted by Crippen LogP contribution is -2.03. The molecule has 1 heterocycles. The highest BCUT2D eigenvalue weighted by Crippen LogP contribution is 2.26. The second kappa shape index (κ2) is 6.40. The van der Waals surface area contributed by atoms with Gasteiger partial charge >= 0.3 is 0 Å². The normalized spacial score (nSPS) is 10.5. The summed E-state index contributed by atoms with van der Waals surface area (Å²) in [6.45, 7) is 0.874. The van der Waals surface area contributed by atoms with Gasteiger partial charge in [-0.25, -0.2) is 4.68 Å². The molecule has 0 aliphatic carbocycles. The van der Waals surface area contributed by atoms with Gasteiger partial charge in [0, 0.05) is 24.2 Å². The number of rotatable bonds is 6. The van der Waals surface area contributed by atoms with Crippen LogP contribution < -0.4 is 10.1 Å². The molecule has 0 aliphatic heterocycles. The number of nitrogens with zero attached hydrogens (tertiary/aromatic N) is 3. The molecule has 0 spiro atoms. The standard InChI is InChI=1S/C12H15ClN4O2/c1-18-8-17-7-12(15-16-17)14-6-9-10(13)4-3-5-11(9)19-2/h3-5,7,14H,6,8H2,1-2H3. The Kier molecular flexibility index (Phi) is 4.59. The van der Waals surface area contributed by atoms with Crippen molar-refractivity contribution in [2.45, 2.75) is 13.3 Å². The number of nitrogens with one attached hydrogen (secondary N) is 1. The van der Waals surface area contributed by atoms with E-state index in [1.165, 1.54) is 0 Å². The Morgan fingerprint density at radius 3 is 2.95 bits per heavy atom. The van der Waals surface area contributed by atoms with Gasteiger partial charge in [0.2, 0.25) is 0 Å². The summed E-state index contributed by atoms with van der Waals surface area (Å²) < 4.78 is 11.8. The summed E-state index contributed by atoms with van der Waals surface area (Å²) in [6.07, 6.45) is 1.76. The minimum Gasteiger partial charge on any atom is -0.496 e. The number of ether oxygens (including phenoxy) is 2. The third kappa shape index (κ3) is 3.36. The van der Waals surface area contributed by atoms with Gasteiger partial charge in [-0.05, 0) is 12.1 Å². The Morgan fingerprint density at radius 1 is 1.37 bits per heavy atom. The first kappa shape index (κ1) is 13.6. The molecule has 1 aromatic carbocycles. The van der Waals surface area contributed by atoms with Crippen molar-refractivity contribution < 1.29 is 9.47 Å². The van der Waals surface area contributed by atoms with Gasteiger partial charge in [0.15, 0.2) is 5.82 Å². The van der Waals surface area contributed by atoms with Crippen LogP contribution in [0, 0.1) is 0 Å². The largest absolute Gasteiger partial charge is 0.496 e. The average Bonchev–Trinajstić information content (AvgIpc) is 2.85. The van der Waals surface area contributed by atoms with E-state index in [2.05, 4.69) is 15.6 Å². The van der Waals surface area contributed by atoms with Crippen LogP contribution in [-0.2, 0) is 18.0 Å². The van der Waals surface area contributed by atoms with E-state index in [0.29, 0.717) is 24.1 Å². The highest BCUT2D eigenvalue weighted by atomic mass is 35.5. The molecule has 2 aromatic rings. The molecule has 2 rings (SSSR count). The van der Waals surface area contributed by atoms with Gasteiger partial charge < -0.3 is 14.8 Å². The van der Waals surface area contributed by atoms with Crippen LogP contribution in [-0.4, -0.2) is 29.2 Å². The molecule has 0 fully saturated rings. The van der Waals surface area contributed by atoms with Gasteiger partial charge in [0.1, 0.15) is 12.5 Å². The maximum atomic E-state index is 6.15. The molecule has 0 unspecified atom stereocenters. The number of methoxy groups -OCH3 is 2. The third-order valence-electron chi connectivity index (χ3n) is 2.54. The Labute approximate surface area is 116 Å². The molecule has 6 nitrogen and oxygen atoms in total. The van der Waals surface area contributed by atoms with E-state index >= 15 is 0 Å². The summed E-state index contributed by atoms with van der Waals surface area (Å²) >= 11 is 6.15. The summed E-state index contributed by atoms with van der Waals surface area (Å²) in [4.78, 5) is 0. The summed E-state index contributed by atoms with van der Waals surface area (Å²) in [5, 5.41) is 11.7. The first-order valence-corrected chi connectivity index (χ1v) is 6.06. The summed E-state index contributed by atoms with van der Waals surface area (Å²) in [7, 11) is 3.22. The molecule has 19 heavy (non-hydrogen) atoms. The third-order valence-corrected chi connectivity index (χ3v) is 2.90. The lowest BCUT2D eigenvalue weighted by Gasteiger charge is -2.10. The Bertz CT molecular complexity index is 544. The van der Waals surface area contributed by atoms with E-state index in [4.69, 9.17) is 21.1 Å². The van der Waals surface area contributed by atoms with Crippen LogP contribution in [0.2, 0.25) is 5.02 Å². The maximum Gasteiger partial charge on any atom is 0.168 e. The molecule has 0 aliphatic rings. The lowest BCUT2D eigenvalue weighted by molar-refractivity contribution is 0.119. The highest BCUT2D eigenvalue weighted by Gasteiger charge is 2.08. The van der Waals surface area contributed by atoms with E-state index in [0.717, 1.165) is 11.3 Å². The molecule has 102 valence electrons. The van der Waals surface area contributed by atoms with Crippen molar-refractivity contribution >= 4 is 17.4 Å². The fourth-order valence-electron chi connectivity index (χ4n) is 1.66. The number of benzene rings is 1. The molecule has 0 amide bonds. The minimum atomic E-state index is 0.365. The number of hydrogen-bond acceptors (Lipinski definition) is 5. The molecule has 0 bridgehead atoms. The van der Waals surface area contributed by atoms with Crippen molar-refractivity contribution in [3.05, 3.63) is 35.0 Å². The SMILES string of the molecule is COCn1cc(NCc2c(Cl)cccc2OC)nn1. The van der Waals surface area contributed by atoms with E-state index in [9.17, 15) is 0 Å². The zero-order valence-electron chi connectivity index (χ0n) is 10.8. The lowest BCUT2D eigenvalue weighted by atomic mass is 10.2. The van der Waals surface area contributed by atoms with Crippen molar-refractivity contribution in [2.75, 3.05) is 19.5 Å². The van der Waals surface area contributed by atoms with Crippen molar-refractivity contribution in [3.63, 3.8) is 0 Å². The topological polar surface area (TPSA) is 61.2 Å². The van der Waals surface area contributed by atoms with Gasteiger partial charge in [-0.1, -0.05) is 22.9 Å². The molecule has 0 saturated carbocycles. The molecule has 1 aromatic heterocycles. The Hall–Kier alpha value is -1.79. The highest BCUT2D eigenvalue weighted by molar-refractivity contribution is 6.31. The molecule has 0 radical (unpaired) electrons. The van der Waals surface area contributed by atoms with Crippen LogP contribution in [0.4, 0.5) is 5.82 Å². The van der Waals surface area contributed by atoms with Crippen molar-refractivity contribution in [1.82, 2.24) is 15.0 Å². The van der Waals surface area contributed by atoms with Crippen LogP contribution in [0.1, 0.15) is 5.56 Å². The van der Waals surface area contributed by atoms with Gasteiger partial charge in [0.05, 0.1) is 13.3 Å². The smallest absolute Gasteiger partial charge is 0.168 e. The number of anilines is 1. The molecule has 0 saturated heterocycles. The number of halogens is 1. The quantitative estimate of drug-likeness (QED) is 0.880. The predicted molar refractivity (Wildman–Crippen MR) is 72.4 cm³/mol.